The van der Waals surface area contributed by atoms with Crippen LogP contribution in [-0.4, -0.2) is 34.3 Å². The highest BCUT2D eigenvalue weighted by Crippen LogP contribution is 2.38. The molecule has 3 aromatic rings. The fourth-order valence-corrected chi connectivity index (χ4v) is 5.33. The van der Waals surface area contributed by atoms with E-state index in [0.717, 1.165) is 44.1 Å². The van der Waals surface area contributed by atoms with Crippen LogP contribution in [0, 0.1) is 0 Å². The molecule has 0 bridgehead atoms. The molecule has 162 valence electrons. The molecule has 2 aliphatic heterocycles. The van der Waals surface area contributed by atoms with Gasteiger partial charge in [-0.15, -0.1) is 0 Å². The quantitative estimate of drug-likeness (QED) is 0.501. The van der Waals surface area contributed by atoms with Crippen molar-refractivity contribution in [1.29, 1.82) is 0 Å². The van der Waals surface area contributed by atoms with E-state index in [1.165, 1.54) is 42.5 Å². The second kappa shape index (κ2) is 9.23. The van der Waals surface area contributed by atoms with Crippen LogP contribution in [0.4, 0.5) is 5.82 Å². The predicted octanol–water partition coefficient (Wildman–Crippen LogP) is 6.31. The summed E-state index contributed by atoms with van der Waals surface area (Å²) in [5.74, 6) is 1.53. The molecule has 1 N–H and O–H groups in total. The predicted molar refractivity (Wildman–Crippen MR) is 129 cm³/mol. The number of fused-ring (bicyclic) bond motifs is 1. The first-order valence-corrected chi connectivity index (χ1v) is 12.0. The Bertz CT molecular complexity index is 1050. The van der Waals surface area contributed by atoms with E-state index in [2.05, 4.69) is 40.5 Å². The Balaban J connectivity index is 1.48. The number of piperidine rings is 1. The van der Waals surface area contributed by atoms with Gasteiger partial charge in [-0.2, -0.15) is 5.10 Å². The zero-order valence-electron chi connectivity index (χ0n) is 17.7. The Hall–Kier alpha value is -2.01. The van der Waals surface area contributed by atoms with Gasteiger partial charge in [-0.05, 0) is 56.3 Å². The summed E-state index contributed by atoms with van der Waals surface area (Å²) in [5, 5.41) is 9.91. The van der Waals surface area contributed by atoms with Crippen LogP contribution in [0.1, 0.15) is 48.4 Å². The number of hydrogen-bond acceptors (Lipinski definition) is 3. The van der Waals surface area contributed by atoms with Crippen LogP contribution in [0.15, 0.2) is 48.5 Å². The molecule has 2 aliphatic rings. The van der Waals surface area contributed by atoms with E-state index in [0.29, 0.717) is 16.0 Å². The molecule has 0 radical (unpaired) electrons. The Kier molecular flexibility index (Phi) is 6.22. The zero-order valence-corrected chi connectivity index (χ0v) is 19.2. The molecule has 6 heteroatoms. The maximum atomic E-state index is 6.59. The van der Waals surface area contributed by atoms with Gasteiger partial charge < -0.3 is 5.32 Å². The zero-order chi connectivity index (χ0) is 21.2. The second-order valence-electron chi connectivity index (χ2n) is 8.64. The standard InChI is InChI=1S/C25H28Cl2N4/c26-21-12-6-13-22(23(21)27)31-25-20(11-4-5-14-28-25)24(29-31)19-10-7-15-30(17-19)16-18-8-2-1-3-9-18/h1-3,6,8-9,12-13,19,28H,4-5,7,10-11,14-17H2. The maximum Gasteiger partial charge on any atom is 0.133 e. The molecule has 1 atom stereocenters. The summed E-state index contributed by atoms with van der Waals surface area (Å²) in [6.07, 6.45) is 5.79. The Morgan fingerprint density at radius 1 is 1.00 bits per heavy atom. The van der Waals surface area contributed by atoms with Crippen molar-refractivity contribution >= 4 is 29.0 Å². The minimum Gasteiger partial charge on any atom is -0.370 e. The lowest BCUT2D eigenvalue weighted by molar-refractivity contribution is 0.198. The summed E-state index contributed by atoms with van der Waals surface area (Å²) in [6.45, 7) is 4.15. The molecule has 0 aliphatic carbocycles. The van der Waals surface area contributed by atoms with Gasteiger partial charge in [0.15, 0.2) is 0 Å². The Morgan fingerprint density at radius 3 is 2.74 bits per heavy atom. The van der Waals surface area contributed by atoms with Gasteiger partial charge >= 0.3 is 0 Å². The van der Waals surface area contributed by atoms with Gasteiger partial charge in [-0.1, -0.05) is 59.6 Å². The number of nitrogens with zero attached hydrogens (tertiary/aromatic N) is 3. The van der Waals surface area contributed by atoms with Crippen molar-refractivity contribution in [3.05, 3.63) is 75.4 Å². The summed E-state index contributed by atoms with van der Waals surface area (Å²) in [7, 11) is 0. The van der Waals surface area contributed by atoms with E-state index in [1.54, 1.807) is 0 Å². The van der Waals surface area contributed by atoms with Crippen molar-refractivity contribution in [2.24, 2.45) is 0 Å². The van der Waals surface area contributed by atoms with Crippen molar-refractivity contribution in [2.75, 3.05) is 25.0 Å². The minimum atomic E-state index is 0.435. The number of halogens is 2. The van der Waals surface area contributed by atoms with Crippen LogP contribution >= 0.6 is 23.2 Å². The van der Waals surface area contributed by atoms with Gasteiger partial charge in [-0.3, -0.25) is 4.90 Å². The fraction of sp³-hybridized carbons (Fsp3) is 0.400. The highest BCUT2D eigenvalue weighted by atomic mass is 35.5. The van der Waals surface area contributed by atoms with Crippen LogP contribution < -0.4 is 5.32 Å². The van der Waals surface area contributed by atoms with Crippen molar-refractivity contribution in [1.82, 2.24) is 14.7 Å². The van der Waals surface area contributed by atoms with Crippen LogP contribution in [0.3, 0.4) is 0 Å². The normalized spacial score (nSPS) is 19.5. The van der Waals surface area contributed by atoms with Crippen molar-refractivity contribution in [2.45, 2.75) is 44.6 Å². The third-order valence-electron chi connectivity index (χ3n) is 6.46. The summed E-state index contributed by atoms with van der Waals surface area (Å²) in [4.78, 5) is 2.57. The fourth-order valence-electron chi connectivity index (χ4n) is 4.95. The Morgan fingerprint density at radius 2 is 1.87 bits per heavy atom. The van der Waals surface area contributed by atoms with Crippen LogP contribution in [0.5, 0.6) is 0 Å². The third-order valence-corrected chi connectivity index (χ3v) is 7.27. The number of rotatable bonds is 4. The molecule has 0 saturated carbocycles. The highest BCUT2D eigenvalue weighted by molar-refractivity contribution is 6.43. The van der Waals surface area contributed by atoms with Gasteiger partial charge in [0.1, 0.15) is 5.82 Å². The minimum absolute atomic E-state index is 0.435. The lowest BCUT2D eigenvalue weighted by Crippen LogP contribution is -2.34. The third kappa shape index (κ3) is 4.34. The smallest absolute Gasteiger partial charge is 0.133 e. The van der Waals surface area contributed by atoms with E-state index in [4.69, 9.17) is 28.3 Å². The first-order chi connectivity index (χ1) is 15.2. The van der Waals surface area contributed by atoms with Crippen LogP contribution in [0.25, 0.3) is 5.69 Å². The number of likely N-dealkylation sites (tertiary alicyclic amines) is 1. The molecular weight excluding hydrogens is 427 g/mol. The molecule has 3 heterocycles. The maximum absolute atomic E-state index is 6.59. The number of benzene rings is 2. The van der Waals surface area contributed by atoms with Gasteiger partial charge in [0.2, 0.25) is 0 Å². The molecule has 1 fully saturated rings. The first kappa shape index (κ1) is 20.9. The van der Waals surface area contributed by atoms with Crippen LogP contribution in [0.2, 0.25) is 10.0 Å². The molecule has 1 unspecified atom stereocenters. The lowest BCUT2D eigenvalue weighted by Gasteiger charge is -2.32. The summed E-state index contributed by atoms with van der Waals surface area (Å²) in [5.41, 5.74) is 4.82. The average molecular weight is 455 g/mol. The van der Waals surface area contributed by atoms with E-state index in [9.17, 15) is 0 Å². The lowest BCUT2D eigenvalue weighted by atomic mass is 9.91. The molecule has 31 heavy (non-hydrogen) atoms. The van der Waals surface area contributed by atoms with E-state index in [1.807, 2.05) is 22.9 Å². The second-order valence-corrected chi connectivity index (χ2v) is 9.43. The molecule has 5 rings (SSSR count). The molecular formula is C25H28Cl2N4. The van der Waals surface area contributed by atoms with E-state index >= 15 is 0 Å². The number of aromatic nitrogens is 2. The largest absolute Gasteiger partial charge is 0.370 e. The molecule has 2 aromatic carbocycles. The number of anilines is 1. The highest BCUT2D eigenvalue weighted by Gasteiger charge is 2.30. The summed E-state index contributed by atoms with van der Waals surface area (Å²) < 4.78 is 2.00. The molecule has 1 aromatic heterocycles. The van der Waals surface area contributed by atoms with Gasteiger partial charge in [0.05, 0.1) is 21.4 Å². The summed E-state index contributed by atoms with van der Waals surface area (Å²) >= 11 is 12.9. The van der Waals surface area contributed by atoms with Gasteiger partial charge in [0, 0.05) is 31.1 Å². The first-order valence-electron chi connectivity index (χ1n) is 11.3. The van der Waals surface area contributed by atoms with Gasteiger partial charge in [-0.25, -0.2) is 4.68 Å². The number of nitrogens with one attached hydrogen (secondary N) is 1. The molecule has 1 saturated heterocycles. The SMILES string of the molecule is Clc1cccc(-n2nc(C3CCCN(Cc4ccccc4)C3)c3c2NCCCC3)c1Cl. The Labute approximate surface area is 194 Å². The monoisotopic (exact) mass is 454 g/mol. The van der Waals surface area contributed by atoms with Crippen molar-refractivity contribution < 1.29 is 0 Å². The van der Waals surface area contributed by atoms with E-state index < -0.39 is 0 Å². The van der Waals surface area contributed by atoms with Crippen molar-refractivity contribution in [3.63, 3.8) is 0 Å². The molecule has 0 amide bonds. The van der Waals surface area contributed by atoms with E-state index in [-0.39, 0.29) is 0 Å². The average Bonchev–Trinajstić information content (AvgIpc) is 2.97. The number of hydrogen-bond donors (Lipinski definition) is 1. The topological polar surface area (TPSA) is 33.1 Å². The van der Waals surface area contributed by atoms with Crippen molar-refractivity contribution in [3.8, 4) is 5.69 Å². The van der Waals surface area contributed by atoms with Crippen LogP contribution in [-0.2, 0) is 13.0 Å². The molecule has 4 nitrogen and oxygen atoms in total. The summed E-state index contributed by atoms with van der Waals surface area (Å²) in [6, 6.07) is 16.5. The molecule has 0 spiro atoms. The van der Waals surface area contributed by atoms with Gasteiger partial charge in [0.25, 0.3) is 0 Å².